The molecule has 22 heavy (non-hydrogen) atoms. The number of aryl methyl sites for hydroxylation is 2. The summed E-state index contributed by atoms with van der Waals surface area (Å²) in [7, 11) is 0. The van der Waals surface area contributed by atoms with Crippen LogP contribution in [-0.2, 0) is 9.63 Å². The molecule has 0 aliphatic carbocycles. The molecule has 0 radical (unpaired) electrons. The van der Waals surface area contributed by atoms with E-state index in [2.05, 4.69) is 10.5 Å². The van der Waals surface area contributed by atoms with Gasteiger partial charge in [-0.05, 0) is 48.7 Å². The minimum absolute atomic E-state index is 0.141. The van der Waals surface area contributed by atoms with Crippen LogP contribution in [-0.4, -0.2) is 18.7 Å². The molecule has 0 saturated carbocycles. The molecule has 0 spiro atoms. The van der Waals surface area contributed by atoms with Gasteiger partial charge >= 0.3 is 0 Å². The van der Waals surface area contributed by atoms with E-state index in [1.54, 1.807) is 12.1 Å². The van der Waals surface area contributed by atoms with Gasteiger partial charge in [-0.1, -0.05) is 41.0 Å². The summed E-state index contributed by atoms with van der Waals surface area (Å²) in [6.07, 6.45) is 1.53. The summed E-state index contributed by atoms with van der Waals surface area (Å²) in [6, 6.07) is 13.0. The first kappa shape index (κ1) is 16.0. The molecule has 5 heteroatoms. The number of hydrogen-bond donors (Lipinski definition) is 1. The largest absolute Gasteiger partial charge is 0.386 e. The monoisotopic (exact) mass is 316 g/mol. The van der Waals surface area contributed by atoms with Crippen LogP contribution in [0.4, 0.5) is 5.69 Å². The predicted molar refractivity (Wildman–Crippen MR) is 89.5 cm³/mol. The maximum atomic E-state index is 11.8. The van der Waals surface area contributed by atoms with Crippen molar-refractivity contribution in [2.75, 3.05) is 11.9 Å². The van der Waals surface area contributed by atoms with E-state index in [0.29, 0.717) is 5.02 Å². The van der Waals surface area contributed by atoms with Crippen LogP contribution >= 0.6 is 11.6 Å². The van der Waals surface area contributed by atoms with Gasteiger partial charge in [0, 0.05) is 10.7 Å². The van der Waals surface area contributed by atoms with Crippen LogP contribution in [0.1, 0.15) is 16.7 Å². The van der Waals surface area contributed by atoms with Crippen LogP contribution in [0.5, 0.6) is 0 Å². The summed E-state index contributed by atoms with van der Waals surface area (Å²) in [4.78, 5) is 16.8. The standard InChI is InChI=1S/C17H17ClN2O2/c1-12-3-4-13(2)16(9-12)20-17(21)11-22-19-10-14-5-7-15(18)8-6-14/h3-10H,11H2,1-2H3,(H,20,21)/b19-10-. The highest BCUT2D eigenvalue weighted by atomic mass is 35.5. The minimum Gasteiger partial charge on any atom is -0.386 e. The molecule has 0 atom stereocenters. The number of carbonyl (C=O) groups excluding carboxylic acids is 1. The van der Waals surface area contributed by atoms with E-state index in [4.69, 9.17) is 16.4 Å². The third-order valence-electron chi connectivity index (χ3n) is 3.01. The van der Waals surface area contributed by atoms with Gasteiger partial charge in [-0.25, -0.2) is 0 Å². The topological polar surface area (TPSA) is 50.7 Å². The number of benzene rings is 2. The number of halogens is 1. The lowest BCUT2D eigenvalue weighted by Gasteiger charge is -2.08. The molecule has 2 aromatic carbocycles. The Morgan fingerprint density at radius 1 is 1.23 bits per heavy atom. The Morgan fingerprint density at radius 2 is 1.95 bits per heavy atom. The number of rotatable bonds is 5. The highest BCUT2D eigenvalue weighted by Gasteiger charge is 2.05. The summed E-state index contributed by atoms with van der Waals surface area (Å²) < 4.78 is 0. The fourth-order valence-corrected chi connectivity index (χ4v) is 1.93. The van der Waals surface area contributed by atoms with Crippen molar-refractivity contribution in [1.82, 2.24) is 0 Å². The Balaban J connectivity index is 1.83. The zero-order valence-corrected chi connectivity index (χ0v) is 13.2. The maximum absolute atomic E-state index is 11.8. The molecule has 114 valence electrons. The van der Waals surface area contributed by atoms with E-state index in [0.717, 1.165) is 22.4 Å². The maximum Gasteiger partial charge on any atom is 0.265 e. The van der Waals surface area contributed by atoms with E-state index >= 15 is 0 Å². The number of oxime groups is 1. The molecule has 0 fully saturated rings. The van der Waals surface area contributed by atoms with Gasteiger partial charge in [-0.3, -0.25) is 4.79 Å². The Bertz CT molecular complexity index is 682. The van der Waals surface area contributed by atoms with Gasteiger partial charge in [0.1, 0.15) is 0 Å². The van der Waals surface area contributed by atoms with E-state index in [1.807, 2.05) is 44.2 Å². The normalized spacial score (nSPS) is 10.7. The number of nitrogens with one attached hydrogen (secondary N) is 1. The second-order valence-corrected chi connectivity index (χ2v) is 5.36. The average molecular weight is 317 g/mol. The van der Waals surface area contributed by atoms with Gasteiger partial charge in [0.15, 0.2) is 6.61 Å². The number of hydrogen-bond acceptors (Lipinski definition) is 3. The molecule has 2 rings (SSSR count). The zero-order valence-electron chi connectivity index (χ0n) is 12.5. The van der Waals surface area contributed by atoms with Crippen molar-refractivity contribution in [2.24, 2.45) is 5.16 Å². The fraction of sp³-hybridized carbons (Fsp3) is 0.176. The van der Waals surface area contributed by atoms with Gasteiger partial charge in [0.25, 0.3) is 5.91 Å². The first-order valence-corrected chi connectivity index (χ1v) is 7.20. The number of amides is 1. The molecule has 0 aliphatic rings. The van der Waals surface area contributed by atoms with Crippen LogP contribution in [0.15, 0.2) is 47.6 Å². The molecular formula is C17H17ClN2O2. The van der Waals surface area contributed by atoms with Gasteiger partial charge in [-0.2, -0.15) is 0 Å². The first-order chi connectivity index (χ1) is 10.5. The predicted octanol–water partition coefficient (Wildman–Crippen LogP) is 3.95. The molecule has 0 aromatic heterocycles. The van der Waals surface area contributed by atoms with Crippen molar-refractivity contribution in [3.8, 4) is 0 Å². The van der Waals surface area contributed by atoms with Crippen molar-refractivity contribution in [3.05, 3.63) is 64.2 Å². The lowest BCUT2D eigenvalue weighted by molar-refractivity contribution is -0.120. The van der Waals surface area contributed by atoms with Gasteiger partial charge in [0.2, 0.25) is 0 Å². The average Bonchev–Trinajstić information content (AvgIpc) is 2.49. The zero-order chi connectivity index (χ0) is 15.9. The van der Waals surface area contributed by atoms with Gasteiger partial charge in [-0.15, -0.1) is 0 Å². The van der Waals surface area contributed by atoms with Crippen molar-refractivity contribution < 1.29 is 9.63 Å². The third kappa shape index (κ3) is 4.90. The SMILES string of the molecule is Cc1ccc(C)c(NC(=O)CO/N=C\c2ccc(Cl)cc2)c1. The van der Waals surface area contributed by atoms with E-state index in [9.17, 15) is 4.79 Å². The Hall–Kier alpha value is -2.33. The van der Waals surface area contributed by atoms with Gasteiger partial charge in [0.05, 0.1) is 6.21 Å². The summed E-state index contributed by atoms with van der Waals surface area (Å²) >= 11 is 5.79. The first-order valence-electron chi connectivity index (χ1n) is 6.82. The fourth-order valence-electron chi connectivity index (χ4n) is 1.80. The highest BCUT2D eigenvalue weighted by Crippen LogP contribution is 2.16. The van der Waals surface area contributed by atoms with E-state index in [-0.39, 0.29) is 12.5 Å². The molecule has 2 aromatic rings. The molecule has 0 aliphatic heterocycles. The molecule has 1 amide bonds. The van der Waals surface area contributed by atoms with Crippen LogP contribution in [0.2, 0.25) is 5.02 Å². The summed E-state index contributed by atoms with van der Waals surface area (Å²) in [6.45, 7) is 3.77. The minimum atomic E-state index is -0.248. The highest BCUT2D eigenvalue weighted by molar-refractivity contribution is 6.30. The number of carbonyl (C=O) groups is 1. The summed E-state index contributed by atoms with van der Waals surface area (Å²) in [5, 5.41) is 7.22. The van der Waals surface area contributed by atoms with Crippen LogP contribution in [0.3, 0.4) is 0 Å². The van der Waals surface area contributed by atoms with Crippen LogP contribution < -0.4 is 5.32 Å². The molecule has 4 nitrogen and oxygen atoms in total. The van der Waals surface area contributed by atoms with Crippen molar-refractivity contribution in [3.63, 3.8) is 0 Å². The third-order valence-corrected chi connectivity index (χ3v) is 3.26. The van der Waals surface area contributed by atoms with Crippen molar-refractivity contribution in [1.29, 1.82) is 0 Å². The smallest absolute Gasteiger partial charge is 0.265 e. The quantitative estimate of drug-likeness (QED) is 0.671. The molecule has 0 bridgehead atoms. The molecule has 1 N–H and O–H groups in total. The summed E-state index contributed by atoms with van der Waals surface area (Å²) in [5.74, 6) is -0.248. The van der Waals surface area contributed by atoms with Crippen molar-refractivity contribution >= 4 is 29.4 Å². The Kier molecular flexibility index (Phi) is 5.55. The van der Waals surface area contributed by atoms with E-state index in [1.165, 1.54) is 6.21 Å². The Labute approximate surface area is 134 Å². The summed E-state index contributed by atoms with van der Waals surface area (Å²) in [5.41, 5.74) is 3.72. The lowest BCUT2D eigenvalue weighted by Crippen LogP contribution is -2.17. The second-order valence-electron chi connectivity index (χ2n) is 4.93. The molecular weight excluding hydrogens is 300 g/mol. The Morgan fingerprint density at radius 3 is 2.68 bits per heavy atom. The van der Waals surface area contributed by atoms with Crippen LogP contribution in [0.25, 0.3) is 0 Å². The van der Waals surface area contributed by atoms with Gasteiger partial charge < -0.3 is 10.2 Å². The van der Waals surface area contributed by atoms with Crippen molar-refractivity contribution in [2.45, 2.75) is 13.8 Å². The number of anilines is 1. The lowest BCUT2D eigenvalue weighted by atomic mass is 10.1. The molecule has 0 unspecified atom stereocenters. The molecule has 0 heterocycles. The van der Waals surface area contributed by atoms with Crippen LogP contribution in [0, 0.1) is 13.8 Å². The van der Waals surface area contributed by atoms with E-state index < -0.39 is 0 Å². The second kappa shape index (κ2) is 7.61. The molecule has 0 saturated heterocycles. The number of nitrogens with zero attached hydrogens (tertiary/aromatic N) is 1.